The Labute approximate surface area is 292 Å². The maximum atomic E-state index is 12.5. The lowest BCUT2D eigenvalue weighted by atomic mass is 9.42. The van der Waals surface area contributed by atoms with Crippen LogP contribution in [0.2, 0.25) is 0 Å². The fourth-order valence-electron chi connectivity index (χ4n) is 11.7. The van der Waals surface area contributed by atoms with E-state index in [1.54, 1.807) is 13.0 Å². The van der Waals surface area contributed by atoms with Crippen molar-refractivity contribution in [3.05, 3.63) is 11.6 Å². The maximum absolute atomic E-state index is 12.5. The van der Waals surface area contributed by atoms with Crippen molar-refractivity contribution in [2.45, 2.75) is 151 Å². The van der Waals surface area contributed by atoms with E-state index < -0.39 is 85.1 Å². The van der Waals surface area contributed by atoms with Crippen LogP contribution in [0.15, 0.2) is 11.6 Å². The van der Waals surface area contributed by atoms with Gasteiger partial charge in [0.1, 0.15) is 49.3 Å². The Bertz CT molecular complexity index is 1300. The van der Waals surface area contributed by atoms with Crippen LogP contribution in [0.1, 0.15) is 72.1 Å². The number of ether oxygens (including phenoxy) is 6. The quantitative estimate of drug-likeness (QED) is 0.136. The van der Waals surface area contributed by atoms with Crippen LogP contribution in [0.4, 0.5) is 0 Å². The lowest BCUT2D eigenvalue weighted by molar-refractivity contribution is -0.362. The summed E-state index contributed by atoms with van der Waals surface area (Å²) in [6, 6.07) is 0. The van der Waals surface area contributed by atoms with Crippen molar-refractivity contribution in [1.82, 2.24) is 0 Å². The topological polar surface area (TPSA) is 214 Å². The van der Waals surface area contributed by atoms with Crippen LogP contribution < -0.4 is 0 Å². The van der Waals surface area contributed by atoms with Crippen molar-refractivity contribution in [1.29, 1.82) is 0 Å². The van der Waals surface area contributed by atoms with Crippen molar-refractivity contribution >= 4 is 5.97 Å². The molecule has 0 aromatic heterocycles. The molecule has 14 heteroatoms. The number of hydrogen-bond donors (Lipinski definition) is 7. The number of cyclic esters (lactones) is 1. The second-order valence-corrected chi connectivity index (χ2v) is 16.7. The second-order valence-electron chi connectivity index (χ2n) is 16.7. The summed E-state index contributed by atoms with van der Waals surface area (Å²) in [6.07, 6.45) is -5.80. The third kappa shape index (κ3) is 5.72. The molecule has 7 N–H and O–H groups in total. The van der Waals surface area contributed by atoms with Crippen LogP contribution in [0, 0.1) is 34.5 Å². The molecular weight excluding hydrogens is 656 g/mol. The second kappa shape index (κ2) is 13.5. The van der Waals surface area contributed by atoms with Gasteiger partial charge in [0.2, 0.25) is 0 Å². The summed E-state index contributed by atoms with van der Waals surface area (Å²) >= 11 is 0. The number of aliphatic hydroxyl groups is 7. The highest BCUT2D eigenvalue weighted by atomic mass is 16.7. The molecule has 284 valence electrons. The Morgan fingerprint density at radius 3 is 2.32 bits per heavy atom. The first kappa shape index (κ1) is 37.1. The standard InChI is InChI=1S/C36H56O14/c1-16-30(50-32-28(42)27(41)26(40)23(14-37)49-32)31(45-4)29(43)33(47-16)48-19-7-9-34(2)18(12-19)5-6-21-25(34)22(38)13-35(3)20(8-10-36(21,35)44)17-11-24(39)46-15-17/h11,16,18-23,25-33,37-38,40-44H,5-10,12-15H2,1-4H3. The molecule has 4 saturated carbocycles. The van der Waals surface area contributed by atoms with Gasteiger partial charge in [-0.25, -0.2) is 4.79 Å². The lowest BCUT2D eigenvalue weighted by Gasteiger charge is -2.65. The molecule has 3 aliphatic heterocycles. The molecule has 14 nitrogen and oxygen atoms in total. The van der Waals surface area contributed by atoms with Crippen LogP contribution in [0.3, 0.4) is 0 Å². The molecule has 6 fully saturated rings. The van der Waals surface area contributed by atoms with Crippen molar-refractivity contribution < 1.29 is 69.0 Å². The van der Waals surface area contributed by atoms with E-state index in [-0.39, 0.29) is 47.8 Å². The van der Waals surface area contributed by atoms with Gasteiger partial charge in [0.05, 0.1) is 30.5 Å². The fourth-order valence-corrected chi connectivity index (χ4v) is 11.7. The van der Waals surface area contributed by atoms with E-state index in [4.69, 9.17) is 28.4 Å². The van der Waals surface area contributed by atoms with Gasteiger partial charge in [-0.3, -0.25) is 0 Å². The van der Waals surface area contributed by atoms with Crippen LogP contribution in [-0.2, 0) is 33.2 Å². The van der Waals surface area contributed by atoms with Crippen LogP contribution in [0.25, 0.3) is 0 Å². The van der Waals surface area contributed by atoms with Gasteiger partial charge in [-0.05, 0) is 93.0 Å². The highest BCUT2D eigenvalue weighted by Gasteiger charge is 2.70. The highest BCUT2D eigenvalue weighted by Crippen LogP contribution is 2.70. The minimum atomic E-state index is -1.62. The van der Waals surface area contributed by atoms with E-state index in [1.807, 2.05) is 0 Å². The average molecular weight is 713 g/mol. The summed E-state index contributed by atoms with van der Waals surface area (Å²) in [4.78, 5) is 11.9. The van der Waals surface area contributed by atoms with Gasteiger partial charge < -0.3 is 64.2 Å². The van der Waals surface area contributed by atoms with Gasteiger partial charge in [0.15, 0.2) is 12.6 Å². The van der Waals surface area contributed by atoms with Crippen molar-refractivity contribution in [3.63, 3.8) is 0 Å². The van der Waals surface area contributed by atoms with E-state index in [9.17, 15) is 40.5 Å². The molecule has 0 aromatic rings. The number of carbonyl (C=O) groups excluding carboxylic acids is 1. The largest absolute Gasteiger partial charge is 0.458 e. The van der Waals surface area contributed by atoms with Gasteiger partial charge in [-0.1, -0.05) is 13.8 Å². The zero-order valence-electron chi connectivity index (χ0n) is 29.4. The molecule has 7 aliphatic rings. The molecule has 3 heterocycles. The van der Waals surface area contributed by atoms with Gasteiger partial charge in [0.25, 0.3) is 0 Å². The number of fused-ring (bicyclic) bond motifs is 5. The van der Waals surface area contributed by atoms with E-state index in [0.29, 0.717) is 25.7 Å². The molecule has 4 aliphatic carbocycles. The molecule has 0 bridgehead atoms. The molecule has 50 heavy (non-hydrogen) atoms. The van der Waals surface area contributed by atoms with E-state index in [2.05, 4.69) is 13.8 Å². The van der Waals surface area contributed by atoms with Gasteiger partial charge in [-0.2, -0.15) is 0 Å². The SMILES string of the molecule is COC1C(O)C(OC2CCC3(C)C(CCC4C3C(O)CC3(C)C(C5=CC(=O)OC5)CCC43O)C2)OC(C)C1OC1OC(CO)C(O)C(O)C1O. The molecule has 0 amide bonds. The molecule has 7 rings (SSSR count). The van der Waals surface area contributed by atoms with E-state index >= 15 is 0 Å². The highest BCUT2D eigenvalue weighted by molar-refractivity contribution is 5.85. The fraction of sp³-hybridized carbons (Fsp3) is 0.917. The summed E-state index contributed by atoms with van der Waals surface area (Å²) in [5, 5.41) is 76.3. The van der Waals surface area contributed by atoms with Crippen molar-refractivity contribution in [2.24, 2.45) is 34.5 Å². The van der Waals surface area contributed by atoms with Gasteiger partial charge in [0, 0.05) is 18.6 Å². The van der Waals surface area contributed by atoms with Crippen molar-refractivity contribution in [3.8, 4) is 0 Å². The van der Waals surface area contributed by atoms with Crippen LogP contribution >= 0.6 is 0 Å². The Kier molecular flexibility index (Phi) is 10.0. The summed E-state index contributed by atoms with van der Waals surface area (Å²) in [5.41, 5.74) is -0.790. The summed E-state index contributed by atoms with van der Waals surface area (Å²) in [7, 11) is 1.41. The molecule has 2 saturated heterocycles. The first-order valence-electron chi connectivity index (χ1n) is 18.4. The molecule has 0 aromatic carbocycles. The third-order valence-electron chi connectivity index (χ3n) is 14.4. The predicted octanol–water partition coefficient (Wildman–Crippen LogP) is -0.0948. The molecular formula is C36H56O14. The Hall–Kier alpha value is -1.27. The lowest BCUT2D eigenvalue weighted by Crippen LogP contribution is -2.66. The first-order valence-corrected chi connectivity index (χ1v) is 18.4. The molecule has 19 unspecified atom stereocenters. The van der Waals surface area contributed by atoms with Gasteiger partial charge >= 0.3 is 5.97 Å². The minimum Gasteiger partial charge on any atom is -0.458 e. The number of methoxy groups -OCH3 is 1. The molecule has 0 spiro atoms. The number of rotatable bonds is 7. The summed E-state index contributed by atoms with van der Waals surface area (Å²) in [6.45, 7) is 5.72. The zero-order valence-corrected chi connectivity index (χ0v) is 29.4. The zero-order chi connectivity index (χ0) is 35.9. The number of carbonyl (C=O) groups is 1. The molecule has 0 radical (unpaired) electrons. The third-order valence-corrected chi connectivity index (χ3v) is 14.4. The first-order chi connectivity index (χ1) is 23.7. The van der Waals surface area contributed by atoms with Crippen LogP contribution in [-0.4, -0.2) is 141 Å². The molecule has 19 atom stereocenters. The average Bonchev–Trinajstić information content (AvgIpc) is 3.62. The normalized spacial score (nSPS) is 55.1. The Morgan fingerprint density at radius 1 is 0.900 bits per heavy atom. The predicted molar refractivity (Wildman–Crippen MR) is 172 cm³/mol. The summed E-state index contributed by atoms with van der Waals surface area (Å²) in [5.74, 6) is -0.258. The smallest absolute Gasteiger partial charge is 0.331 e. The van der Waals surface area contributed by atoms with E-state index in [1.165, 1.54) is 7.11 Å². The Balaban J connectivity index is 1.01. The minimum absolute atomic E-state index is 0.00772. The van der Waals surface area contributed by atoms with Crippen molar-refractivity contribution in [2.75, 3.05) is 20.3 Å². The van der Waals surface area contributed by atoms with Gasteiger partial charge in [-0.15, -0.1) is 0 Å². The number of esters is 1. The number of hydrogen-bond acceptors (Lipinski definition) is 14. The van der Waals surface area contributed by atoms with E-state index in [0.717, 1.165) is 31.3 Å². The summed E-state index contributed by atoms with van der Waals surface area (Å²) < 4.78 is 35.0. The maximum Gasteiger partial charge on any atom is 0.331 e. The Morgan fingerprint density at radius 2 is 1.64 bits per heavy atom. The van der Waals surface area contributed by atoms with Crippen LogP contribution in [0.5, 0.6) is 0 Å². The monoisotopic (exact) mass is 712 g/mol. The number of aliphatic hydroxyl groups excluding tert-OH is 6.